The molecule has 1 aliphatic rings. The Bertz CT molecular complexity index is 911. The fraction of sp³-hybridized carbons (Fsp3) is 0.412. The molecule has 1 amide bonds. The summed E-state index contributed by atoms with van der Waals surface area (Å²) in [6.07, 6.45) is 4.39. The van der Waals surface area contributed by atoms with Crippen LogP contribution in [0.4, 0.5) is 5.00 Å². The van der Waals surface area contributed by atoms with E-state index in [-0.39, 0.29) is 15.8 Å². The van der Waals surface area contributed by atoms with Gasteiger partial charge in [-0.3, -0.25) is 14.8 Å². The summed E-state index contributed by atoms with van der Waals surface area (Å²) in [5, 5.41) is 20.3. The summed E-state index contributed by atoms with van der Waals surface area (Å²) < 4.78 is 1.51. The van der Waals surface area contributed by atoms with Gasteiger partial charge < -0.3 is 5.32 Å². The number of carbonyl (C=O) groups is 1. The Balaban J connectivity index is 1.76. The molecule has 0 unspecified atom stereocenters. The van der Waals surface area contributed by atoms with Crippen molar-refractivity contribution in [1.29, 1.82) is 5.26 Å². The minimum absolute atomic E-state index is 0.137. The highest BCUT2D eigenvalue weighted by molar-refractivity contribution is 7.80. The lowest BCUT2D eigenvalue weighted by atomic mass is 9.89. The van der Waals surface area contributed by atoms with Gasteiger partial charge in [-0.1, -0.05) is 18.5 Å². The molecule has 0 spiro atoms. The van der Waals surface area contributed by atoms with E-state index in [1.165, 1.54) is 27.1 Å². The Morgan fingerprint density at radius 2 is 2.38 bits per heavy atom. The van der Waals surface area contributed by atoms with Gasteiger partial charge in [0, 0.05) is 11.4 Å². The summed E-state index contributed by atoms with van der Waals surface area (Å²) in [5.41, 5.74) is 2.00. The van der Waals surface area contributed by atoms with E-state index in [1.54, 1.807) is 0 Å². The van der Waals surface area contributed by atoms with Crippen molar-refractivity contribution in [3.05, 3.63) is 32.9 Å². The van der Waals surface area contributed by atoms with Crippen LogP contribution in [-0.4, -0.2) is 20.8 Å². The predicted octanol–water partition coefficient (Wildman–Crippen LogP) is 3.74. The van der Waals surface area contributed by atoms with Gasteiger partial charge in [0.05, 0.1) is 16.8 Å². The summed E-state index contributed by atoms with van der Waals surface area (Å²) in [6, 6.07) is 2.27. The highest BCUT2D eigenvalue weighted by atomic mass is 35.5. The first-order valence-corrected chi connectivity index (χ1v) is 9.93. The maximum atomic E-state index is 12.5. The molecular weight excluding hydrogens is 390 g/mol. The molecule has 9 heteroatoms. The Hall–Kier alpha value is -1.95. The van der Waals surface area contributed by atoms with Crippen molar-refractivity contribution in [2.24, 2.45) is 5.92 Å². The number of rotatable bonds is 3. The van der Waals surface area contributed by atoms with Gasteiger partial charge in [0.1, 0.15) is 16.8 Å². The molecule has 2 aromatic rings. The number of thiophene rings is 1. The smallest absolute Gasteiger partial charge is 0.277 e. The highest BCUT2D eigenvalue weighted by Crippen LogP contribution is 2.39. The molecule has 2 aromatic heterocycles. The van der Waals surface area contributed by atoms with E-state index in [0.717, 1.165) is 24.8 Å². The van der Waals surface area contributed by atoms with Crippen LogP contribution in [0.5, 0.6) is 0 Å². The summed E-state index contributed by atoms with van der Waals surface area (Å²) in [6.45, 7) is 4.60. The fourth-order valence-electron chi connectivity index (χ4n) is 3.08. The van der Waals surface area contributed by atoms with Crippen molar-refractivity contribution in [2.75, 3.05) is 5.32 Å². The minimum Gasteiger partial charge on any atom is -0.323 e. The number of halogens is 1. The SMILES string of the molecule is CCn1ncc(Cl)c1C(=O)NC(=S)Nc1sc2c(c1C#N)CC[C@@H](C)C2. The zero-order chi connectivity index (χ0) is 18.8. The third kappa shape index (κ3) is 3.61. The molecule has 0 saturated heterocycles. The Morgan fingerprint density at radius 1 is 1.62 bits per heavy atom. The monoisotopic (exact) mass is 407 g/mol. The number of aryl methyl sites for hydroxylation is 1. The van der Waals surface area contributed by atoms with Crippen LogP contribution < -0.4 is 10.6 Å². The van der Waals surface area contributed by atoms with E-state index in [9.17, 15) is 10.1 Å². The lowest BCUT2D eigenvalue weighted by Gasteiger charge is -2.17. The molecule has 1 atom stereocenters. The maximum absolute atomic E-state index is 12.5. The normalized spacial score (nSPS) is 15.8. The number of hydrogen-bond donors (Lipinski definition) is 2. The van der Waals surface area contributed by atoms with E-state index in [0.29, 0.717) is 23.0 Å². The van der Waals surface area contributed by atoms with Crippen molar-refractivity contribution < 1.29 is 4.79 Å². The van der Waals surface area contributed by atoms with E-state index < -0.39 is 5.91 Å². The molecular formula is C17H18ClN5OS2. The van der Waals surface area contributed by atoms with Gasteiger partial charge in [-0.25, -0.2) is 0 Å². The average Bonchev–Trinajstić information content (AvgIpc) is 3.13. The van der Waals surface area contributed by atoms with E-state index in [1.807, 2.05) is 6.92 Å². The van der Waals surface area contributed by atoms with E-state index in [2.05, 4.69) is 28.7 Å². The largest absolute Gasteiger partial charge is 0.323 e. The third-order valence-corrected chi connectivity index (χ3v) is 6.04. The standard InChI is InChI=1S/C17H18ClN5OS2/c1-3-23-14(12(18)8-20-23)15(24)21-17(25)22-16-11(7-19)10-5-4-9(2)6-13(10)26-16/h8-9H,3-6H2,1-2H3,(H2,21,22,24,25)/t9-/m1/s1. The molecule has 2 N–H and O–H groups in total. The summed E-state index contributed by atoms with van der Waals surface area (Å²) in [5.74, 6) is 0.184. The number of thiocarbonyl (C=S) groups is 1. The van der Waals surface area contributed by atoms with Crippen LogP contribution >= 0.6 is 35.2 Å². The van der Waals surface area contributed by atoms with Gasteiger partial charge in [-0.15, -0.1) is 11.3 Å². The molecule has 0 bridgehead atoms. The number of fused-ring (bicyclic) bond motifs is 1. The van der Waals surface area contributed by atoms with Gasteiger partial charge in [0.15, 0.2) is 5.11 Å². The quantitative estimate of drug-likeness (QED) is 0.757. The van der Waals surface area contributed by atoms with Gasteiger partial charge >= 0.3 is 0 Å². The van der Waals surface area contributed by atoms with Gasteiger partial charge in [-0.05, 0) is 49.9 Å². The number of nitrogens with zero attached hydrogens (tertiary/aromatic N) is 3. The summed E-state index contributed by atoms with van der Waals surface area (Å²) in [7, 11) is 0. The maximum Gasteiger partial charge on any atom is 0.277 e. The Morgan fingerprint density at radius 3 is 3.08 bits per heavy atom. The van der Waals surface area contributed by atoms with Crippen LogP contribution in [0.25, 0.3) is 0 Å². The Labute approximate surface area is 166 Å². The molecule has 1 aliphatic carbocycles. The molecule has 6 nitrogen and oxygen atoms in total. The highest BCUT2D eigenvalue weighted by Gasteiger charge is 2.25. The predicted molar refractivity (Wildman–Crippen MR) is 107 cm³/mol. The molecule has 0 saturated carbocycles. The number of nitriles is 1. The van der Waals surface area contributed by atoms with Gasteiger partial charge in [0.2, 0.25) is 0 Å². The third-order valence-electron chi connectivity index (χ3n) is 4.39. The molecule has 136 valence electrons. The van der Waals surface area contributed by atoms with Gasteiger partial charge in [0.25, 0.3) is 5.91 Å². The zero-order valence-electron chi connectivity index (χ0n) is 14.4. The molecule has 0 fully saturated rings. The topological polar surface area (TPSA) is 82.7 Å². The van der Waals surface area contributed by atoms with Crippen molar-refractivity contribution in [3.63, 3.8) is 0 Å². The van der Waals surface area contributed by atoms with E-state index in [4.69, 9.17) is 23.8 Å². The summed E-state index contributed by atoms with van der Waals surface area (Å²) >= 11 is 12.8. The van der Waals surface area contributed by atoms with Crippen LogP contribution in [0.2, 0.25) is 5.02 Å². The zero-order valence-corrected chi connectivity index (χ0v) is 16.8. The number of amides is 1. The lowest BCUT2D eigenvalue weighted by Crippen LogP contribution is -2.35. The minimum atomic E-state index is -0.430. The summed E-state index contributed by atoms with van der Waals surface area (Å²) in [4.78, 5) is 13.7. The van der Waals surface area contributed by atoms with Crippen LogP contribution in [0.15, 0.2) is 6.20 Å². The molecule has 0 radical (unpaired) electrons. The average molecular weight is 408 g/mol. The molecule has 26 heavy (non-hydrogen) atoms. The second kappa shape index (κ2) is 7.74. The lowest BCUT2D eigenvalue weighted by molar-refractivity contribution is 0.0967. The van der Waals surface area contributed by atoms with Crippen LogP contribution in [-0.2, 0) is 19.4 Å². The fourth-order valence-corrected chi connectivity index (χ4v) is 4.93. The van der Waals surface area contributed by atoms with E-state index >= 15 is 0 Å². The molecule has 3 rings (SSSR count). The second-order valence-electron chi connectivity index (χ2n) is 6.23. The first-order valence-electron chi connectivity index (χ1n) is 8.32. The van der Waals surface area contributed by atoms with Crippen LogP contribution in [0.1, 0.15) is 46.8 Å². The number of nitrogens with one attached hydrogen (secondary N) is 2. The molecule has 0 aliphatic heterocycles. The van der Waals surface area contributed by atoms with Crippen LogP contribution in [0, 0.1) is 17.2 Å². The second-order valence-corrected chi connectivity index (χ2v) is 8.15. The Kier molecular flexibility index (Phi) is 5.61. The number of anilines is 1. The first kappa shape index (κ1) is 18.8. The number of carbonyl (C=O) groups excluding carboxylic acids is 1. The number of hydrogen-bond acceptors (Lipinski definition) is 5. The van der Waals surface area contributed by atoms with Gasteiger partial charge in [-0.2, -0.15) is 10.4 Å². The molecule has 2 heterocycles. The number of aromatic nitrogens is 2. The van der Waals surface area contributed by atoms with Crippen molar-refractivity contribution in [1.82, 2.24) is 15.1 Å². The van der Waals surface area contributed by atoms with Crippen molar-refractivity contribution in [3.8, 4) is 6.07 Å². The van der Waals surface area contributed by atoms with Crippen molar-refractivity contribution in [2.45, 2.75) is 39.7 Å². The van der Waals surface area contributed by atoms with Crippen molar-refractivity contribution >= 4 is 51.2 Å². The molecule has 0 aromatic carbocycles. The first-order chi connectivity index (χ1) is 12.4. The van der Waals surface area contributed by atoms with Crippen LogP contribution in [0.3, 0.4) is 0 Å².